The first kappa shape index (κ1) is 26.3. The van der Waals surface area contributed by atoms with Crippen molar-refractivity contribution < 1.29 is 14.3 Å². The maximum atomic E-state index is 12.3. The number of carbonyl (C=O) groups excluding carboxylic acids is 1. The highest BCUT2D eigenvalue weighted by Gasteiger charge is 2.14. The average Bonchev–Trinajstić information content (AvgIpc) is 2.68. The number of amides is 1. The summed E-state index contributed by atoms with van der Waals surface area (Å²) in [4.78, 5) is 20.6. The second-order valence-corrected chi connectivity index (χ2v) is 6.04. The highest BCUT2D eigenvalue weighted by molar-refractivity contribution is 14.0. The first-order valence-electron chi connectivity index (χ1n) is 9.59. The number of methoxy groups -OCH3 is 1. The predicted octanol–water partition coefficient (Wildman–Crippen LogP) is 2.85. The van der Waals surface area contributed by atoms with Gasteiger partial charge >= 0.3 is 0 Å². The fourth-order valence-corrected chi connectivity index (χ4v) is 2.54. The molecule has 1 aromatic rings. The monoisotopic (exact) mass is 506 g/mol. The van der Waals surface area contributed by atoms with Gasteiger partial charge in [-0.25, -0.2) is 0 Å². The van der Waals surface area contributed by atoms with E-state index in [0.29, 0.717) is 19.7 Å². The van der Waals surface area contributed by atoms with Crippen molar-refractivity contribution in [3.63, 3.8) is 0 Å². The number of carbonyl (C=O) groups is 1. The minimum atomic E-state index is 0. The number of benzene rings is 1. The third kappa shape index (κ3) is 9.48. The van der Waals surface area contributed by atoms with E-state index in [1.165, 1.54) is 0 Å². The topological polar surface area (TPSA) is 66.4 Å². The molecule has 160 valence electrons. The summed E-state index contributed by atoms with van der Waals surface area (Å²) in [6.07, 6.45) is 0.790. The zero-order valence-electron chi connectivity index (χ0n) is 17.7. The molecule has 28 heavy (non-hydrogen) atoms. The Morgan fingerprint density at radius 1 is 1.11 bits per heavy atom. The van der Waals surface area contributed by atoms with Gasteiger partial charge in [0.1, 0.15) is 11.5 Å². The maximum Gasteiger partial charge on any atom is 0.242 e. The summed E-state index contributed by atoms with van der Waals surface area (Å²) in [7, 11) is 3.53. The van der Waals surface area contributed by atoms with Crippen molar-refractivity contribution in [2.45, 2.75) is 27.2 Å². The lowest BCUT2D eigenvalue weighted by Gasteiger charge is -2.25. The first-order chi connectivity index (χ1) is 13.0. The van der Waals surface area contributed by atoms with E-state index in [2.05, 4.69) is 10.3 Å². The summed E-state index contributed by atoms with van der Waals surface area (Å²) in [5.41, 5.74) is 0. The molecule has 0 fully saturated rings. The minimum Gasteiger partial charge on any atom is -0.497 e. The Hall–Kier alpha value is -1.71. The molecule has 1 amide bonds. The van der Waals surface area contributed by atoms with E-state index < -0.39 is 0 Å². The molecule has 0 aliphatic rings. The number of ether oxygens (including phenoxy) is 2. The molecule has 0 aliphatic carbocycles. The highest BCUT2D eigenvalue weighted by atomic mass is 127. The van der Waals surface area contributed by atoms with Crippen molar-refractivity contribution >= 4 is 35.8 Å². The summed E-state index contributed by atoms with van der Waals surface area (Å²) >= 11 is 0. The van der Waals surface area contributed by atoms with Crippen LogP contribution in [-0.4, -0.2) is 75.2 Å². The zero-order valence-corrected chi connectivity index (χ0v) is 20.1. The molecular formula is C20H35IN4O3. The van der Waals surface area contributed by atoms with E-state index in [4.69, 9.17) is 9.47 Å². The van der Waals surface area contributed by atoms with Crippen LogP contribution in [0, 0.1) is 0 Å². The van der Waals surface area contributed by atoms with Crippen molar-refractivity contribution in [2.75, 3.05) is 53.5 Å². The molecule has 0 unspecified atom stereocenters. The molecular weight excluding hydrogens is 471 g/mol. The lowest BCUT2D eigenvalue weighted by atomic mass is 10.3. The second-order valence-electron chi connectivity index (χ2n) is 6.04. The normalized spacial score (nSPS) is 10.7. The molecule has 0 aliphatic heterocycles. The molecule has 0 aromatic heterocycles. The lowest BCUT2D eigenvalue weighted by molar-refractivity contribution is -0.131. The SMILES string of the molecule is CCNC(=NCCCOc1ccc(OC)cc1)N(C)CC(=O)N(CC)CC.I. The summed E-state index contributed by atoms with van der Waals surface area (Å²) < 4.78 is 10.8. The van der Waals surface area contributed by atoms with Crippen LogP contribution in [0.5, 0.6) is 11.5 Å². The summed E-state index contributed by atoms with van der Waals surface area (Å²) in [5.74, 6) is 2.47. The largest absolute Gasteiger partial charge is 0.497 e. The first-order valence-corrected chi connectivity index (χ1v) is 9.59. The number of hydrogen-bond donors (Lipinski definition) is 1. The molecule has 0 spiro atoms. The van der Waals surface area contributed by atoms with Crippen LogP contribution in [0.25, 0.3) is 0 Å². The van der Waals surface area contributed by atoms with Gasteiger partial charge in [-0.15, -0.1) is 24.0 Å². The van der Waals surface area contributed by atoms with Gasteiger partial charge in [-0.3, -0.25) is 9.79 Å². The van der Waals surface area contributed by atoms with E-state index >= 15 is 0 Å². The zero-order chi connectivity index (χ0) is 20.1. The van der Waals surface area contributed by atoms with Crippen LogP contribution in [-0.2, 0) is 4.79 Å². The van der Waals surface area contributed by atoms with Crippen LogP contribution >= 0.6 is 24.0 Å². The number of nitrogens with zero attached hydrogens (tertiary/aromatic N) is 3. The fraction of sp³-hybridized carbons (Fsp3) is 0.600. The molecule has 0 radical (unpaired) electrons. The molecule has 0 heterocycles. The van der Waals surface area contributed by atoms with Crippen molar-refractivity contribution in [1.29, 1.82) is 0 Å². The fourth-order valence-electron chi connectivity index (χ4n) is 2.54. The number of halogens is 1. The number of aliphatic imine (C=N–C) groups is 1. The van der Waals surface area contributed by atoms with Gasteiger partial charge in [0.25, 0.3) is 0 Å². The number of guanidine groups is 1. The van der Waals surface area contributed by atoms with Crippen LogP contribution in [0.3, 0.4) is 0 Å². The number of hydrogen-bond acceptors (Lipinski definition) is 4. The molecule has 0 atom stereocenters. The van der Waals surface area contributed by atoms with Gasteiger partial charge < -0.3 is 24.6 Å². The van der Waals surface area contributed by atoms with Gasteiger partial charge in [0, 0.05) is 39.6 Å². The van der Waals surface area contributed by atoms with Crippen LogP contribution in [0.15, 0.2) is 29.3 Å². The summed E-state index contributed by atoms with van der Waals surface area (Å²) in [5, 5.41) is 3.23. The third-order valence-corrected chi connectivity index (χ3v) is 4.08. The van der Waals surface area contributed by atoms with Crippen molar-refractivity contribution in [3.05, 3.63) is 24.3 Å². The predicted molar refractivity (Wildman–Crippen MR) is 125 cm³/mol. The molecule has 7 nitrogen and oxygen atoms in total. The van der Waals surface area contributed by atoms with Gasteiger partial charge in [0.05, 0.1) is 20.3 Å². The van der Waals surface area contributed by atoms with Crippen LogP contribution in [0.4, 0.5) is 0 Å². The van der Waals surface area contributed by atoms with E-state index in [1.54, 1.807) is 7.11 Å². The molecule has 1 N–H and O–H groups in total. The van der Waals surface area contributed by atoms with Crippen molar-refractivity contribution in [2.24, 2.45) is 4.99 Å². The van der Waals surface area contributed by atoms with Crippen LogP contribution < -0.4 is 14.8 Å². The molecule has 0 saturated carbocycles. The Balaban J connectivity index is 0.00000729. The second kappa shape index (κ2) is 15.2. The molecule has 8 heteroatoms. The standard InChI is InChI=1S/C20H34N4O3.HI/c1-6-21-20(23(4)16-19(25)24(7-2)8-3)22-14-9-15-27-18-12-10-17(26-5)11-13-18;/h10-13H,6-9,14-16H2,1-5H3,(H,21,22);1H. The third-order valence-electron chi connectivity index (χ3n) is 4.08. The van der Waals surface area contributed by atoms with E-state index in [1.807, 2.05) is 61.9 Å². The van der Waals surface area contributed by atoms with E-state index in [-0.39, 0.29) is 29.9 Å². The molecule has 1 aromatic carbocycles. The average molecular weight is 506 g/mol. The van der Waals surface area contributed by atoms with Crippen LogP contribution in [0.2, 0.25) is 0 Å². The highest BCUT2D eigenvalue weighted by Crippen LogP contribution is 2.16. The van der Waals surface area contributed by atoms with Crippen LogP contribution in [0.1, 0.15) is 27.2 Å². The quantitative estimate of drug-likeness (QED) is 0.217. The maximum absolute atomic E-state index is 12.3. The number of likely N-dealkylation sites (N-methyl/N-ethyl adjacent to an activating group) is 2. The Morgan fingerprint density at radius 3 is 2.25 bits per heavy atom. The molecule has 1 rings (SSSR count). The van der Waals surface area contributed by atoms with Gasteiger partial charge in [-0.05, 0) is 45.0 Å². The van der Waals surface area contributed by atoms with Crippen molar-refractivity contribution in [3.8, 4) is 11.5 Å². The van der Waals surface area contributed by atoms with E-state index in [9.17, 15) is 4.79 Å². The minimum absolute atomic E-state index is 0. The molecule has 0 saturated heterocycles. The Morgan fingerprint density at radius 2 is 1.71 bits per heavy atom. The van der Waals surface area contributed by atoms with Gasteiger partial charge in [-0.2, -0.15) is 0 Å². The summed E-state index contributed by atoms with van der Waals surface area (Å²) in [6.45, 7) is 9.72. The van der Waals surface area contributed by atoms with Gasteiger partial charge in [0.2, 0.25) is 5.91 Å². The summed E-state index contributed by atoms with van der Waals surface area (Å²) in [6, 6.07) is 7.52. The van der Waals surface area contributed by atoms with Gasteiger partial charge in [-0.1, -0.05) is 0 Å². The van der Waals surface area contributed by atoms with E-state index in [0.717, 1.165) is 43.5 Å². The Kier molecular flexibility index (Phi) is 14.3. The molecule has 0 bridgehead atoms. The van der Waals surface area contributed by atoms with Gasteiger partial charge in [0.15, 0.2) is 5.96 Å². The number of rotatable bonds is 11. The Labute approximate surface area is 186 Å². The lowest BCUT2D eigenvalue weighted by Crippen LogP contribution is -2.45. The Bertz CT molecular complexity index is 577. The van der Waals surface area contributed by atoms with Crippen molar-refractivity contribution in [1.82, 2.24) is 15.1 Å². The smallest absolute Gasteiger partial charge is 0.242 e. The number of nitrogens with one attached hydrogen (secondary N) is 1.